The Balaban J connectivity index is 0.00000533. The van der Waals surface area contributed by atoms with E-state index in [1.54, 1.807) is 0 Å². The van der Waals surface area contributed by atoms with Gasteiger partial charge in [-0.2, -0.15) is 0 Å². The second kappa shape index (κ2) is 17.4. The Labute approximate surface area is 424 Å². The van der Waals surface area contributed by atoms with Crippen LogP contribution in [-0.4, -0.2) is 24.9 Å². The summed E-state index contributed by atoms with van der Waals surface area (Å²) >= 11 is 0. The molecule has 0 fully saturated rings. The summed E-state index contributed by atoms with van der Waals surface area (Å²) in [6, 6.07) is 60.4. The second-order valence-corrected chi connectivity index (χ2v) is 20.6. The minimum atomic E-state index is -0.157. The maximum Gasteiger partial charge on any atom is 0.136 e. The Bertz CT molecular complexity index is 3590. The van der Waals surface area contributed by atoms with E-state index in [0.29, 0.717) is 11.1 Å². The van der Waals surface area contributed by atoms with Gasteiger partial charge in [-0.25, -0.2) is 9.97 Å². The van der Waals surface area contributed by atoms with E-state index in [4.69, 9.17) is 9.97 Å². The molecule has 0 saturated carbocycles. The molecule has 0 aliphatic carbocycles. The Morgan fingerprint density at radius 2 is 1.29 bits per heavy atom. The van der Waals surface area contributed by atoms with E-state index in [1.165, 1.54) is 11.1 Å². The monoisotopic (exact) mass is 1090 g/mol. The summed E-state index contributed by atoms with van der Waals surface area (Å²) in [5, 5.41) is 2.09. The molecule has 12 rings (SSSR count). The number of carbonyl (C=O) groups excluding carboxylic acids is 1. The van der Waals surface area contributed by atoms with Crippen LogP contribution in [0.5, 0.6) is 0 Å². The summed E-state index contributed by atoms with van der Waals surface area (Å²) in [6.45, 7) is 16.6. The summed E-state index contributed by atoms with van der Waals surface area (Å²) in [4.78, 5) is 29.5. The largest absolute Gasteiger partial charge is 0.488 e. The van der Waals surface area contributed by atoms with Gasteiger partial charge in [0.15, 0.2) is 0 Å². The predicted octanol–water partition coefficient (Wildman–Crippen LogP) is 15.0. The smallest absolute Gasteiger partial charge is 0.136 e. The maximum absolute atomic E-state index is 14.9. The van der Waals surface area contributed by atoms with Crippen LogP contribution < -0.4 is 9.80 Å². The molecule has 0 radical (unpaired) electrons. The number of benzene rings is 7. The number of anilines is 4. The molecule has 0 N–H and O–H groups in total. The van der Waals surface area contributed by atoms with E-state index in [1.807, 2.05) is 42.6 Å². The fraction of sp³-hybridized carbons (Fsp3) is 0.194. The van der Waals surface area contributed by atoms with Gasteiger partial charge in [0.05, 0.1) is 16.8 Å². The van der Waals surface area contributed by atoms with Crippen molar-refractivity contribution in [1.82, 2.24) is 19.1 Å². The van der Waals surface area contributed by atoms with Gasteiger partial charge in [-0.05, 0) is 99.3 Å². The van der Waals surface area contributed by atoms with Crippen molar-refractivity contribution in [1.29, 1.82) is 0 Å². The van der Waals surface area contributed by atoms with Crippen LogP contribution in [0.1, 0.15) is 87.3 Å². The first-order chi connectivity index (χ1) is 33.4. The van der Waals surface area contributed by atoms with Crippen LogP contribution in [0.4, 0.5) is 22.7 Å². The van der Waals surface area contributed by atoms with Crippen molar-refractivity contribution in [3.05, 3.63) is 205 Å². The van der Waals surface area contributed by atoms with Crippen molar-refractivity contribution in [3.63, 3.8) is 0 Å². The Morgan fingerprint density at radius 3 is 2.00 bits per heavy atom. The summed E-state index contributed by atoms with van der Waals surface area (Å²) in [7, 11) is 0. The van der Waals surface area contributed by atoms with Gasteiger partial charge in [0.1, 0.15) is 11.6 Å². The van der Waals surface area contributed by atoms with Gasteiger partial charge >= 0.3 is 0 Å². The predicted molar refractivity (Wildman–Crippen MR) is 282 cm³/mol. The van der Waals surface area contributed by atoms with E-state index >= 15 is 0 Å². The van der Waals surface area contributed by atoms with Crippen LogP contribution >= 0.6 is 0 Å². The van der Waals surface area contributed by atoms with Crippen LogP contribution in [0, 0.1) is 18.8 Å². The topological polar surface area (TPSA) is 59.2 Å². The van der Waals surface area contributed by atoms with Crippen LogP contribution in [0.15, 0.2) is 158 Å². The van der Waals surface area contributed by atoms with Gasteiger partial charge in [0.25, 0.3) is 0 Å². The number of aryl methyl sites for hydroxylation is 2. The van der Waals surface area contributed by atoms with E-state index < -0.39 is 0 Å². The second-order valence-electron chi connectivity index (χ2n) is 20.6. The zero-order valence-corrected chi connectivity index (χ0v) is 42.6. The van der Waals surface area contributed by atoms with Gasteiger partial charge in [-0.3, -0.25) is 0 Å². The number of hydrogen-bond donors (Lipinski definition) is 0. The first-order valence-electron chi connectivity index (χ1n) is 24.1. The SMILES string of the molecule is CC(C)(C)c1ccnc(-n2c3[c-]c(C(=O)c4[c-]c(N5[CH-]N(c6c(-c7ccccc7)cc(C(C)(C)C)cc6-c6ccccc6)c6cc7c(cc65)nc5n7CCCC5)ccc4)ccc3c3ccccc32)c1.[Pt]. The molecule has 5 heterocycles. The van der Waals surface area contributed by atoms with Crippen LogP contribution in [0.3, 0.4) is 0 Å². The normalized spacial score (nSPS) is 13.7. The number of imidazole rings is 1. The van der Waals surface area contributed by atoms with Crippen LogP contribution in [-0.2, 0) is 44.9 Å². The van der Waals surface area contributed by atoms with Gasteiger partial charge < -0.3 is 23.7 Å². The Morgan fingerprint density at radius 1 is 0.614 bits per heavy atom. The number of fused-ring (bicyclic) bond motifs is 7. The number of hydrogen-bond acceptors (Lipinski definition) is 5. The summed E-state index contributed by atoms with van der Waals surface area (Å²) in [5.41, 5.74) is 15.5. The number of rotatable bonds is 7. The molecule has 0 bridgehead atoms. The van der Waals surface area contributed by atoms with E-state index in [0.717, 1.165) is 115 Å². The fourth-order valence-corrected chi connectivity index (χ4v) is 10.3. The Hall–Kier alpha value is -7.08. The number of aromatic nitrogens is 4. The molecule has 0 atom stereocenters. The van der Waals surface area contributed by atoms with Gasteiger partial charge in [-0.15, -0.1) is 60.3 Å². The number of pyridine rings is 1. The molecular formula is C62H53N6OPt-3. The average Bonchev–Trinajstić information content (AvgIpc) is 4.04. The molecule has 0 unspecified atom stereocenters. The zero-order chi connectivity index (χ0) is 47.2. The number of carbonyl (C=O) groups is 1. The minimum Gasteiger partial charge on any atom is -0.488 e. The summed E-state index contributed by atoms with van der Waals surface area (Å²) in [5.74, 6) is 1.77. The third-order valence-electron chi connectivity index (χ3n) is 14.0. The quantitative estimate of drug-likeness (QED) is 0.118. The van der Waals surface area contributed by atoms with Gasteiger partial charge in [0, 0.05) is 73.9 Å². The third kappa shape index (κ3) is 7.76. The van der Waals surface area contributed by atoms with Crippen LogP contribution in [0.2, 0.25) is 0 Å². The molecule has 7 aromatic carbocycles. The molecule has 10 aromatic rings. The minimum absolute atomic E-state index is 0. The van der Waals surface area contributed by atoms with E-state index in [-0.39, 0.29) is 37.7 Å². The maximum atomic E-state index is 14.9. The van der Waals surface area contributed by atoms with Crippen molar-refractivity contribution in [2.24, 2.45) is 0 Å². The van der Waals surface area contributed by atoms with Crippen molar-refractivity contribution in [2.45, 2.75) is 78.2 Å². The number of ketones is 1. The van der Waals surface area contributed by atoms with E-state index in [2.05, 4.69) is 195 Å². The molecule has 3 aromatic heterocycles. The standard InChI is InChI=1S/C62H53N6O.Pt/c1-61(2,3)44-29-30-63-58(36-44)68-52-25-14-13-24-47(52)48-28-27-43(33-53(48)68)60(69)42-22-17-23-46(32-42)66-39-67(56-38-54-51(37-55(56)66)64-57-26-15-16-31-65(54)57)59-49(40-18-9-7-10-19-40)34-45(62(4,5)6)35-50(59)41-20-11-8-12-21-41;/h7-14,17-25,27-30,34-39H,15-16,26,31H2,1-6H3;/q-3;. The van der Waals surface area contributed by atoms with Gasteiger partial charge in [-0.1, -0.05) is 131 Å². The van der Waals surface area contributed by atoms with Gasteiger partial charge in [0.2, 0.25) is 0 Å². The molecule has 2 aliphatic rings. The van der Waals surface area contributed by atoms with Crippen molar-refractivity contribution < 1.29 is 25.9 Å². The first-order valence-corrected chi connectivity index (χ1v) is 24.1. The third-order valence-corrected chi connectivity index (χ3v) is 14.0. The van der Waals surface area contributed by atoms with Crippen molar-refractivity contribution in [3.8, 4) is 28.1 Å². The first kappa shape index (κ1) is 45.4. The fourth-order valence-electron chi connectivity index (χ4n) is 10.3. The molecule has 0 saturated heterocycles. The van der Waals surface area contributed by atoms with Crippen molar-refractivity contribution in [2.75, 3.05) is 9.80 Å². The van der Waals surface area contributed by atoms with Crippen LogP contribution in [0.25, 0.3) is 60.9 Å². The number of nitrogens with zero attached hydrogens (tertiary/aromatic N) is 6. The Kier molecular flexibility index (Phi) is 11.3. The molecule has 8 heteroatoms. The number of para-hydroxylation sites is 1. The summed E-state index contributed by atoms with van der Waals surface area (Å²) < 4.78 is 4.55. The molecule has 0 amide bonds. The molecule has 2 aliphatic heterocycles. The zero-order valence-electron chi connectivity index (χ0n) is 40.3. The molecule has 70 heavy (non-hydrogen) atoms. The van der Waals surface area contributed by atoms with Crippen molar-refractivity contribution >= 4 is 61.4 Å². The molecule has 0 spiro atoms. The molecule has 350 valence electrons. The summed E-state index contributed by atoms with van der Waals surface area (Å²) in [6.07, 6.45) is 5.11. The van der Waals surface area contributed by atoms with E-state index in [9.17, 15) is 4.79 Å². The molecule has 7 nitrogen and oxygen atoms in total. The molecular weight excluding hydrogens is 1040 g/mol. The average molecular weight is 1090 g/mol.